The molecule has 5 heteroatoms. The second-order valence-corrected chi connectivity index (χ2v) is 6.09. The van der Waals surface area contributed by atoms with E-state index in [1.54, 1.807) is 25.3 Å². The Morgan fingerprint density at radius 2 is 1.68 bits per heavy atom. The van der Waals surface area contributed by atoms with Gasteiger partial charge in [-0.05, 0) is 67.3 Å². The van der Waals surface area contributed by atoms with Crippen molar-refractivity contribution in [3.05, 3.63) is 61.5 Å². The van der Waals surface area contributed by atoms with Crippen LogP contribution in [0, 0.1) is 0 Å². The molecule has 2 rings (SSSR count). The average molecular weight is 407 g/mol. The monoisotopic (exact) mass is 404 g/mol. The average Bonchev–Trinajstić information content (AvgIpc) is 2.41. The molecule has 0 aliphatic carbocycles. The zero-order valence-corrected chi connectivity index (χ0v) is 14.0. The van der Waals surface area contributed by atoms with Crippen molar-refractivity contribution in [2.45, 2.75) is 6.10 Å². The minimum atomic E-state index is -0.726. The molecule has 0 heterocycles. The molecule has 2 aromatic rings. The van der Waals surface area contributed by atoms with Crippen molar-refractivity contribution >= 4 is 43.5 Å². The van der Waals surface area contributed by atoms with Gasteiger partial charge in [0.05, 0.1) is 12.1 Å². The molecule has 0 saturated carbocycles. The number of aliphatic hydroxyl groups excluding tert-OH is 1. The molecule has 0 radical (unpaired) electrons. The summed E-state index contributed by atoms with van der Waals surface area (Å²) >= 11 is 12.8. The molecule has 1 atom stereocenters. The lowest BCUT2D eigenvalue weighted by Crippen LogP contribution is -2.00. The van der Waals surface area contributed by atoms with Crippen LogP contribution in [0.25, 0.3) is 0 Å². The molecule has 2 nitrogen and oxygen atoms in total. The van der Waals surface area contributed by atoms with Crippen LogP contribution in [0.4, 0.5) is 0 Å². The summed E-state index contributed by atoms with van der Waals surface area (Å²) in [7, 11) is 1.55. The van der Waals surface area contributed by atoms with Gasteiger partial charge in [0.2, 0.25) is 0 Å². The van der Waals surface area contributed by atoms with Crippen molar-refractivity contribution < 1.29 is 9.84 Å². The normalized spacial score (nSPS) is 12.3. The van der Waals surface area contributed by atoms with Crippen LogP contribution in [0.3, 0.4) is 0 Å². The Morgan fingerprint density at radius 1 is 1.05 bits per heavy atom. The van der Waals surface area contributed by atoms with E-state index in [0.717, 1.165) is 20.1 Å². The van der Waals surface area contributed by atoms with Crippen LogP contribution < -0.4 is 4.74 Å². The summed E-state index contributed by atoms with van der Waals surface area (Å²) < 4.78 is 6.99. The van der Waals surface area contributed by atoms with Crippen molar-refractivity contribution in [1.82, 2.24) is 0 Å². The van der Waals surface area contributed by atoms with Gasteiger partial charge in [-0.3, -0.25) is 0 Å². The Kier molecular flexibility index (Phi) is 4.90. The van der Waals surface area contributed by atoms with Crippen LogP contribution in [0.5, 0.6) is 5.75 Å². The molecule has 0 aliphatic heterocycles. The fraction of sp³-hybridized carbons (Fsp3) is 0.143. The highest BCUT2D eigenvalue weighted by atomic mass is 79.9. The molecule has 19 heavy (non-hydrogen) atoms. The maximum Gasteiger partial charge on any atom is 0.137 e. The van der Waals surface area contributed by atoms with Crippen LogP contribution in [0.15, 0.2) is 45.3 Å². The van der Waals surface area contributed by atoms with Crippen LogP contribution in [0.1, 0.15) is 17.2 Å². The first-order valence-electron chi connectivity index (χ1n) is 5.49. The topological polar surface area (TPSA) is 29.5 Å². The van der Waals surface area contributed by atoms with Gasteiger partial charge >= 0.3 is 0 Å². The van der Waals surface area contributed by atoms with Crippen LogP contribution in [-0.2, 0) is 0 Å². The first-order chi connectivity index (χ1) is 9.02. The van der Waals surface area contributed by atoms with E-state index < -0.39 is 6.10 Å². The van der Waals surface area contributed by atoms with Crippen molar-refractivity contribution in [2.75, 3.05) is 7.11 Å². The third-order valence-corrected chi connectivity index (χ3v) is 4.94. The molecule has 1 unspecified atom stereocenters. The fourth-order valence-corrected chi connectivity index (χ4v) is 2.56. The van der Waals surface area contributed by atoms with E-state index in [0.29, 0.717) is 10.8 Å². The predicted octanol–water partition coefficient (Wildman–Crippen LogP) is 4.96. The molecule has 0 aromatic heterocycles. The van der Waals surface area contributed by atoms with Gasteiger partial charge < -0.3 is 9.84 Å². The van der Waals surface area contributed by atoms with E-state index in [4.69, 9.17) is 16.3 Å². The number of rotatable bonds is 3. The minimum absolute atomic E-state index is 0.524. The Balaban J connectivity index is 2.37. The molecule has 0 bridgehead atoms. The Labute approximate surface area is 133 Å². The molecular weight excluding hydrogens is 395 g/mol. The molecule has 100 valence electrons. The lowest BCUT2D eigenvalue weighted by atomic mass is 10.0. The molecule has 0 saturated heterocycles. The van der Waals surface area contributed by atoms with E-state index in [1.165, 1.54) is 0 Å². The van der Waals surface area contributed by atoms with Crippen molar-refractivity contribution in [1.29, 1.82) is 0 Å². The highest BCUT2D eigenvalue weighted by Gasteiger charge is 2.13. The van der Waals surface area contributed by atoms with Gasteiger partial charge in [0, 0.05) is 8.95 Å². The number of benzene rings is 2. The third kappa shape index (κ3) is 3.31. The van der Waals surface area contributed by atoms with E-state index in [9.17, 15) is 5.11 Å². The molecule has 2 aromatic carbocycles. The molecule has 0 aliphatic rings. The zero-order valence-electron chi connectivity index (χ0n) is 10.0. The second kappa shape index (κ2) is 6.27. The van der Waals surface area contributed by atoms with Gasteiger partial charge in [-0.15, -0.1) is 0 Å². The summed E-state index contributed by atoms with van der Waals surface area (Å²) in [6.07, 6.45) is -0.726. The third-order valence-electron chi connectivity index (χ3n) is 2.75. The summed E-state index contributed by atoms with van der Waals surface area (Å²) in [5.41, 5.74) is 1.52. The number of hydrogen-bond acceptors (Lipinski definition) is 2. The summed E-state index contributed by atoms with van der Waals surface area (Å²) in [6, 6.07) is 10.9. The maximum atomic E-state index is 10.4. The van der Waals surface area contributed by atoms with Gasteiger partial charge in [-0.1, -0.05) is 23.7 Å². The largest absolute Gasteiger partial charge is 0.495 e. The summed E-state index contributed by atoms with van der Waals surface area (Å²) in [4.78, 5) is 0. The molecule has 1 N–H and O–H groups in total. The number of hydrogen-bond donors (Lipinski definition) is 1. The second-order valence-electron chi connectivity index (χ2n) is 3.97. The van der Waals surface area contributed by atoms with Crippen LogP contribution in [0.2, 0.25) is 5.02 Å². The summed E-state index contributed by atoms with van der Waals surface area (Å²) in [6.45, 7) is 0. The number of methoxy groups -OCH3 is 1. The van der Waals surface area contributed by atoms with Crippen molar-refractivity contribution in [3.63, 3.8) is 0 Å². The quantitative estimate of drug-likeness (QED) is 0.781. The minimum Gasteiger partial charge on any atom is -0.495 e. The number of aliphatic hydroxyl groups is 1. The van der Waals surface area contributed by atoms with Crippen molar-refractivity contribution in [3.8, 4) is 5.75 Å². The lowest BCUT2D eigenvalue weighted by Gasteiger charge is -2.14. The first-order valence-corrected chi connectivity index (χ1v) is 7.45. The Morgan fingerprint density at radius 3 is 2.32 bits per heavy atom. The van der Waals surface area contributed by atoms with Crippen LogP contribution in [-0.4, -0.2) is 12.2 Å². The van der Waals surface area contributed by atoms with Crippen LogP contribution >= 0.6 is 43.5 Å². The van der Waals surface area contributed by atoms with E-state index in [2.05, 4.69) is 31.9 Å². The van der Waals surface area contributed by atoms with Gasteiger partial charge in [-0.25, -0.2) is 0 Å². The maximum absolute atomic E-state index is 10.4. The predicted molar refractivity (Wildman–Crippen MR) is 83.9 cm³/mol. The zero-order chi connectivity index (χ0) is 14.0. The molecular formula is C14H11Br2ClO2. The first kappa shape index (κ1) is 14.9. The molecule has 0 spiro atoms. The van der Waals surface area contributed by atoms with Gasteiger partial charge in [-0.2, -0.15) is 0 Å². The van der Waals surface area contributed by atoms with E-state index in [-0.39, 0.29) is 0 Å². The Bertz CT molecular complexity index is 602. The van der Waals surface area contributed by atoms with Crippen molar-refractivity contribution in [2.24, 2.45) is 0 Å². The van der Waals surface area contributed by atoms with Gasteiger partial charge in [0.25, 0.3) is 0 Å². The number of halogens is 3. The van der Waals surface area contributed by atoms with Gasteiger partial charge in [0.15, 0.2) is 0 Å². The van der Waals surface area contributed by atoms with E-state index >= 15 is 0 Å². The van der Waals surface area contributed by atoms with E-state index in [1.807, 2.05) is 18.2 Å². The SMILES string of the molecule is COc1cc(C(O)c2ccc(Br)c(Br)c2)ccc1Cl. The van der Waals surface area contributed by atoms with Gasteiger partial charge in [0.1, 0.15) is 11.9 Å². The standard InChI is InChI=1S/C14H11Br2ClO2/c1-19-13-7-9(3-5-12(13)17)14(18)8-2-4-10(15)11(16)6-8/h2-7,14,18H,1H3. The number of ether oxygens (including phenoxy) is 1. The fourth-order valence-electron chi connectivity index (χ4n) is 1.72. The summed E-state index contributed by atoms with van der Waals surface area (Å²) in [5.74, 6) is 0.550. The molecule has 0 fully saturated rings. The highest BCUT2D eigenvalue weighted by Crippen LogP contribution is 2.32. The lowest BCUT2D eigenvalue weighted by molar-refractivity contribution is 0.219. The summed E-state index contributed by atoms with van der Waals surface area (Å²) in [5, 5.41) is 10.9. The smallest absolute Gasteiger partial charge is 0.137 e. The Hall–Kier alpha value is -0.550. The highest BCUT2D eigenvalue weighted by molar-refractivity contribution is 9.13. The molecule has 0 amide bonds.